The number of thioether (sulfide) groups is 1. The normalized spacial score (nSPS) is 14.1. The van der Waals surface area contributed by atoms with E-state index in [0.29, 0.717) is 23.0 Å². The Morgan fingerprint density at radius 3 is 2.62 bits per heavy atom. The smallest absolute Gasteiger partial charge is 0.251 e. The lowest BCUT2D eigenvalue weighted by molar-refractivity contribution is 0.0383. The first kappa shape index (κ1) is 24.2. The molecule has 2 heterocycles. The topological polar surface area (TPSA) is 70.6 Å². The van der Waals surface area contributed by atoms with Crippen LogP contribution in [0.25, 0.3) is 11.3 Å². The molecule has 0 saturated carbocycles. The van der Waals surface area contributed by atoms with Gasteiger partial charge in [-0.2, -0.15) is 0 Å². The third-order valence-corrected chi connectivity index (χ3v) is 6.51. The molecule has 1 aliphatic heterocycles. The van der Waals surface area contributed by atoms with Crippen LogP contribution >= 0.6 is 11.8 Å². The van der Waals surface area contributed by atoms with Crippen LogP contribution in [0.4, 0.5) is 5.82 Å². The van der Waals surface area contributed by atoms with E-state index in [1.54, 1.807) is 11.8 Å². The molecule has 1 saturated heterocycles. The van der Waals surface area contributed by atoms with E-state index in [0.717, 1.165) is 55.5 Å². The second-order valence-electron chi connectivity index (χ2n) is 8.35. The number of nitrogens with one attached hydrogen (secondary N) is 1. The van der Waals surface area contributed by atoms with Crippen molar-refractivity contribution in [1.82, 2.24) is 20.2 Å². The van der Waals surface area contributed by atoms with Gasteiger partial charge >= 0.3 is 0 Å². The monoisotopic (exact) mass is 477 g/mol. The number of aromatic nitrogens is 2. The van der Waals surface area contributed by atoms with E-state index in [1.807, 2.05) is 67.5 Å². The zero-order chi connectivity index (χ0) is 23.8. The fraction of sp³-hybridized carbons (Fsp3) is 0.346. The van der Waals surface area contributed by atoms with Crippen LogP contribution in [0.5, 0.6) is 0 Å². The first-order valence-corrected chi connectivity index (χ1v) is 12.5. The molecule has 0 spiro atoms. The summed E-state index contributed by atoms with van der Waals surface area (Å²) in [7, 11) is 3.96. The van der Waals surface area contributed by atoms with Gasteiger partial charge in [0.05, 0.1) is 18.9 Å². The van der Waals surface area contributed by atoms with Gasteiger partial charge in [0.1, 0.15) is 5.82 Å². The molecule has 4 rings (SSSR count). The van der Waals surface area contributed by atoms with Gasteiger partial charge in [-0.25, -0.2) is 9.97 Å². The van der Waals surface area contributed by atoms with Crippen LogP contribution in [0, 0.1) is 0 Å². The number of ether oxygens (including phenoxy) is 1. The number of morpholine rings is 1. The quantitative estimate of drug-likeness (QED) is 0.373. The SMILES string of the molecule is CN(C)c1cc(-c2ccccc2)nc(SCc2cccc(C(=O)NCCN3CCOCC3)c2)n1. The van der Waals surface area contributed by atoms with Gasteiger partial charge in [-0.1, -0.05) is 54.2 Å². The molecule has 8 heteroatoms. The molecule has 2 aromatic carbocycles. The summed E-state index contributed by atoms with van der Waals surface area (Å²) >= 11 is 1.57. The Morgan fingerprint density at radius 1 is 1.06 bits per heavy atom. The van der Waals surface area contributed by atoms with Gasteiger partial charge in [0.2, 0.25) is 0 Å². The van der Waals surface area contributed by atoms with E-state index in [-0.39, 0.29) is 5.91 Å². The molecular formula is C26H31N5O2S. The Morgan fingerprint density at radius 2 is 1.85 bits per heavy atom. The number of carbonyl (C=O) groups excluding carboxylic acids is 1. The number of benzene rings is 2. The van der Waals surface area contributed by atoms with Crippen LogP contribution in [0.15, 0.2) is 65.8 Å². The van der Waals surface area contributed by atoms with Crippen molar-refractivity contribution in [2.24, 2.45) is 0 Å². The number of carbonyl (C=O) groups is 1. The van der Waals surface area contributed by atoms with E-state index in [9.17, 15) is 4.79 Å². The minimum Gasteiger partial charge on any atom is -0.379 e. The number of hydrogen-bond donors (Lipinski definition) is 1. The van der Waals surface area contributed by atoms with Crippen molar-refractivity contribution in [3.05, 3.63) is 71.8 Å². The van der Waals surface area contributed by atoms with Crippen molar-refractivity contribution in [1.29, 1.82) is 0 Å². The van der Waals surface area contributed by atoms with E-state index in [1.165, 1.54) is 0 Å². The van der Waals surface area contributed by atoms with Crippen molar-refractivity contribution in [2.75, 3.05) is 58.4 Å². The lowest BCUT2D eigenvalue weighted by atomic mass is 10.1. The average molecular weight is 478 g/mol. The van der Waals surface area contributed by atoms with Gasteiger partial charge in [-0.3, -0.25) is 9.69 Å². The zero-order valence-electron chi connectivity index (χ0n) is 19.7. The highest BCUT2D eigenvalue weighted by atomic mass is 32.2. The lowest BCUT2D eigenvalue weighted by Crippen LogP contribution is -2.41. The van der Waals surface area contributed by atoms with Crippen molar-refractivity contribution in [3.8, 4) is 11.3 Å². The maximum absolute atomic E-state index is 12.6. The molecule has 1 fully saturated rings. The van der Waals surface area contributed by atoms with Crippen LogP contribution in [0.1, 0.15) is 15.9 Å². The Bertz CT molecular complexity index is 1090. The summed E-state index contributed by atoms with van der Waals surface area (Å²) in [5, 5.41) is 3.75. The van der Waals surface area contributed by atoms with Crippen molar-refractivity contribution in [2.45, 2.75) is 10.9 Å². The van der Waals surface area contributed by atoms with Crippen LogP contribution in [0.2, 0.25) is 0 Å². The summed E-state index contributed by atoms with van der Waals surface area (Å²) in [6.45, 7) is 4.85. The lowest BCUT2D eigenvalue weighted by Gasteiger charge is -2.26. The molecule has 0 atom stereocenters. The Hall–Kier alpha value is -2.94. The molecule has 7 nitrogen and oxygen atoms in total. The molecule has 1 N–H and O–H groups in total. The van der Waals surface area contributed by atoms with Crippen molar-refractivity contribution in [3.63, 3.8) is 0 Å². The minimum atomic E-state index is -0.0441. The largest absolute Gasteiger partial charge is 0.379 e. The molecule has 0 aliphatic carbocycles. The van der Waals surface area contributed by atoms with E-state index in [2.05, 4.69) is 22.3 Å². The summed E-state index contributed by atoms with van der Waals surface area (Å²) in [4.78, 5) is 26.4. The second-order valence-corrected chi connectivity index (χ2v) is 9.30. The Kier molecular flexibility index (Phi) is 8.51. The summed E-state index contributed by atoms with van der Waals surface area (Å²) in [6, 6.07) is 19.9. The van der Waals surface area contributed by atoms with Crippen LogP contribution in [-0.4, -0.2) is 74.3 Å². The molecule has 0 radical (unpaired) electrons. The van der Waals surface area contributed by atoms with Gasteiger partial charge in [-0.05, 0) is 17.7 Å². The first-order valence-electron chi connectivity index (χ1n) is 11.5. The molecule has 0 bridgehead atoms. The van der Waals surface area contributed by atoms with Crippen LogP contribution < -0.4 is 10.2 Å². The van der Waals surface area contributed by atoms with Gasteiger partial charge < -0.3 is 15.0 Å². The molecule has 1 aromatic heterocycles. The van der Waals surface area contributed by atoms with Gasteiger partial charge in [0, 0.05) is 63.2 Å². The highest BCUT2D eigenvalue weighted by Crippen LogP contribution is 2.27. The predicted molar refractivity (Wildman–Crippen MR) is 137 cm³/mol. The van der Waals surface area contributed by atoms with Crippen molar-refractivity contribution >= 4 is 23.5 Å². The predicted octanol–water partition coefficient (Wildman–Crippen LogP) is 3.56. The second kappa shape index (κ2) is 12.0. The van der Waals surface area contributed by atoms with Crippen molar-refractivity contribution < 1.29 is 9.53 Å². The summed E-state index contributed by atoms with van der Waals surface area (Å²) in [5.74, 6) is 1.50. The summed E-state index contributed by atoms with van der Waals surface area (Å²) in [5.41, 5.74) is 3.69. The fourth-order valence-electron chi connectivity index (χ4n) is 3.67. The molecule has 1 aliphatic rings. The highest BCUT2D eigenvalue weighted by Gasteiger charge is 2.12. The Labute approximate surface area is 205 Å². The molecule has 34 heavy (non-hydrogen) atoms. The van der Waals surface area contributed by atoms with Crippen LogP contribution in [-0.2, 0) is 10.5 Å². The maximum atomic E-state index is 12.6. The third-order valence-electron chi connectivity index (χ3n) is 5.59. The molecule has 1 amide bonds. The zero-order valence-corrected chi connectivity index (χ0v) is 20.6. The molecule has 3 aromatic rings. The van der Waals surface area contributed by atoms with Gasteiger partial charge in [-0.15, -0.1) is 0 Å². The Balaban J connectivity index is 1.38. The minimum absolute atomic E-state index is 0.0441. The molecule has 178 valence electrons. The molecular weight excluding hydrogens is 446 g/mol. The highest BCUT2D eigenvalue weighted by molar-refractivity contribution is 7.98. The summed E-state index contributed by atoms with van der Waals surface area (Å²) < 4.78 is 5.37. The van der Waals surface area contributed by atoms with Crippen LogP contribution in [0.3, 0.4) is 0 Å². The maximum Gasteiger partial charge on any atom is 0.251 e. The number of hydrogen-bond acceptors (Lipinski definition) is 7. The summed E-state index contributed by atoms with van der Waals surface area (Å²) in [6.07, 6.45) is 0. The number of nitrogens with zero attached hydrogens (tertiary/aromatic N) is 4. The van der Waals surface area contributed by atoms with Gasteiger partial charge in [0.15, 0.2) is 5.16 Å². The number of rotatable bonds is 9. The number of anilines is 1. The third kappa shape index (κ3) is 6.79. The van der Waals surface area contributed by atoms with Gasteiger partial charge in [0.25, 0.3) is 5.91 Å². The first-order chi connectivity index (χ1) is 16.6. The van der Waals surface area contributed by atoms with E-state index >= 15 is 0 Å². The van der Waals surface area contributed by atoms with E-state index < -0.39 is 0 Å². The molecule has 0 unspecified atom stereocenters. The average Bonchev–Trinajstić information content (AvgIpc) is 2.88. The fourth-order valence-corrected chi connectivity index (χ4v) is 4.46. The number of amides is 1. The van der Waals surface area contributed by atoms with E-state index in [4.69, 9.17) is 14.7 Å². The standard InChI is InChI=1S/C26H31N5O2S/c1-30(2)24-18-23(21-8-4-3-5-9-21)28-26(29-24)34-19-20-7-6-10-22(17-20)25(32)27-11-12-31-13-15-33-16-14-31/h3-10,17-18H,11-16,19H2,1-2H3,(H,27,32).